The molecule has 0 saturated heterocycles. The molecule has 11 heavy (non-hydrogen) atoms. The highest BCUT2D eigenvalue weighted by atomic mass is 32.3. The highest BCUT2D eigenvalue weighted by Crippen LogP contribution is 1.95. The molecule has 1 aromatic rings. The first kappa shape index (κ1) is 7.82. The number of anilines is 1. The van der Waals surface area contributed by atoms with E-state index in [1.807, 2.05) is 0 Å². The van der Waals surface area contributed by atoms with Gasteiger partial charge in [-0.1, -0.05) is 0 Å². The van der Waals surface area contributed by atoms with Crippen LogP contribution in [-0.2, 0) is 10.4 Å². The molecule has 0 aromatic carbocycles. The smallest absolute Gasteiger partial charge is 0.367 e. The maximum absolute atomic E-state index is 10.1. The summed E-state index contributed by atoms with van der Waals surface area (Å²) in [6, 6.07) is 0. The minimum atomic E-state index is -4.53. The lowest BCUT2D eigenvalue weighted by Crippen LogP contribution is -2.19. The Balaban J connectivity index is 2.89. The Hall–Kier alpha value is -1.28. The zero-order valence-corrected chi connectivity index (χ0v) is 6.02. The van der Waals surface area contributed by atoms with Crippen molar-refractivity contribution in [2.45, 2.75) is 0 Å². The molecule has 0 aliphatic rings. The van der Waals surface area contributed by atoms with E-state index in [2.05, 4.69) is 9.27 Å². The molecule has 0 aliphatic carbocycles. The van der Waals surface area contributed by atoms with Gasteiger partial charge in [-0.15, -0.1) is 4.73 Å². The van der Waals surface area contributed by atoms with Crippen LogP contribution in [0, 0.1) is 0 Å². The first-order chi connectivity index (χ1) is 4.99. The molecule has 0 fully saturated rings. The average molecular weight is 179 g/mol. The SMILES string of the molecule is Nc1nccn1OS(=O)(=O)O. The van der Waals surface area contributed by atoms with Gasteiger partial charge in [-0.2, -0.15) is 8.42 Å². The lowest BCUT2D eigenvalue weighted by Gasteiger charge is -2.00. The Kier molecular flexibility index (Phi) is 1.71. The van der Waals surface area contributed by atoms with Crippen LogP contribution < -0.4 is 10.0 Å². The van der Waals surface area contributed by atoms with Gasteiger partial charge in [0.15, 0.2) is 0 Å². The van der Waals surface area contributed by atoms with Gasteiger partial charge in [-0.25, -0.2) is 4.98 Å². The minimum absolute atomic E-state index is 0.164. The third-order valence-electron chi connectivity index (χ3n) is 0.809. The van der Waals surface area contributed by atoms with Crippen molar-refractivity contribution in [3.63, 3.8) is 0 Å². The van der Waals surface area contributed by atoms with E-state index in [4.69, 9.17) is 10.3 Å². The average Bonchev–Trinajstić information content (AvgIpc) is 2.12. The fourth-order valence-corrected chi connectivity index (χ4v) is 0.797. The maximum Gasteiger partial charge on any atom is 0.465 e. The van der Waals surface area contributed by atoms with Crippen molar-refractivity contribution in [3.8, 4) is 0 Å². The molecule has 0 bridgehead atoms. The second kappa shape index (κ2) is 2.40. The van der Waals surface area contributed by atoms with Crippen LogP contribution in [0.1, 0.15) is 0 Å². The van der Waals surface area contributed by atoms with Crippen LogP contribution >= 0.6 is 0 Å². The van der Waals surface area contributed by atoms with Gasteiger partial charge in [0.1, 0.15) is 0 Å². The van der Waals surface area contributed by atoms with Crippen molar-refractivity contribution in [2.75, 3.05) is 5.73 Å². The fourth-order valence-electron chi connectivity index (χ4n) is 0.468. The van der Waals surface area contributed by atoms with E-state index in [1.165, 1.54) is 6.20 Å². The molecule has 0 saturated carbocycles. The van der Waals surface area contributed by atoms with Crippen LogP contribution in [0.2, 0.25) is 0 Å². The van der Waals surface area contributed by atoms with Crippen LogP contribution in [0.5, 0.6) is 0 Å². The van der Waals surface area contributed by atoms with Gasteiger partial charge in [-0.05, 0) is 0 Å². The van der Waals surface area contributed by atoms with Crippen molar-refractivity contribution in [3.05, 3.63) is 12.4 Å². The van der Waals surface area contributed by atoms with Gasteiger partial charge >= 0.3 is 10.4 Å². The molecule has 0 aliphatic heterocycles. The Morgan fingerprint density at radius 1 is 1.73 bits per heavy atom. The molecule has 0 spiro atoms. The number of nitrogens with zero attached hydrogens (tertiary/aromatic N) is 2. The van der Waals surface area contributed by atoms with Crippen LogP contribution in [0.3, 0.4) is 0 Å². The number of hydrogen-bond acceptors (Lipinski definition) is 5. The van der Waals surface area contributed by atoms with Crippen molar-refractivity contribution < 1.29 is 17.3 Å². The van der Waals surface area contributed by atoms with Gasteiger partial charge in [0.05, 0.1) is 12.4 Å². The Labute approximate surface area is 62.3 Å². The molecule has 0 unspecified atom stereocenters. The van der Waals surface area contributed by atoms with E-state index in [-0.39, 0.29) is 5.95 Å². The van der Waals surface area contributed by atoms with E-state index in [1.54, 1.807) is 0 Å². The van der Waals surface area contributed by atoms with E-state index in [0.717, 1.165) is 6.20 Å². The molecule has 0 amide bonds. The number of nitrogen functional groups attached to an aromatic ring is 1. The summed E-state index contributed by atoms with van der Waals surface area (Å²) in [4.78, 5) is 3.44. The molecule has 1 rings (SSSR count). The highest BCUT2D eigenvalue weighted by molar-refractivity contribution is 7.81. The molecule has 7 nitrogen and oxygen atoms in total. The van der Waals surface area contributed by atoms with Crippen molar-refractivity contribution in [2.24, 2.45) is 0 Å². The van der Waals surface area contributed by atoms with E-state index >= 15 is 0 Å². The van der Waals surface area contributed by atoms with Gasteiger partial charge in [0, 0.05) is 0 Å². The Bertz CT molecular complexity index is 341. The number of aromatic nitrogens is 2. The summed E-state index contributed by atoms with van der Waals surface area (Å²) >= 11 is 0. The molecule has 8 heteroatoms. The maximum atomic E-state index is 10.1. The first-order valence-corrected chi connectivity index (χ1v) is 3.82. The number of rotatable bonds is 2. The molecule has 1 heterocycles. The van der Waals surface area contributed by atoms with Gasteiger partial charge < -0.3 is 5.73 Å². The fraction of sp³-hybridized carbons (Fsp3) is 0. The minimum Gasteiger partial charge on any atom is -0.367 e. The van der Waals surface area contributed by atoms with Crippen LogP contribution in [-0.4, -0.2) is 22.7 Å². The van der Waals surface area contributed by atoms with Crippen LogP contribution in [0.15, 0.2) is 12.4 Å². The normalized spacial score (nSPS) is 11.4. The number of imidazole rings is 1. The first-order valence-electron chi connectivity index (χ1n) is 2.45. The monoisotopic (exact) mass is 179 g/mol. The number of hydrogen-bond donors (Lipinski definition) is 2. The standard InChI is InChI=1S/C3H5N3O4S/c4-3-5-1-2-6(3)10-11(7,8)9/h1-2H,(H2,4,5)(H,7,8,9). The summed E-state index contributed by atoms with van der Waals surface area (Å²) in [7, 11) is -4.53. The van der Waals surface area contributed by atoms with E-state index in [0.29, 0.717) is 4.73 Å². The molecule has 1 aromatic heterocycles. The molecular weight excluding hydrogens is 174 g/mol. The molecular formula is C3H5N3O4S. The summed E-state index contributed by atoms with van der Waals surface area (Å²) in [5, 5.41) is 0. The predicted octanol–water partition coefficient (Wildman–Crippen LogP) is -1.30. The van der Waals surface area contributed by atoms with E-state index < -0.39 is 10.4 Å². The summed E-state index contributed by atoms with van der Waals surface area (Å²) in [5.74, 6) is -0.164. The lowest BCUT2D eigenvalue weighted by molar-refractivity contribution is 0.244. The van der Waals surface area contributed by atoms with Crippen molar-refractivity contribution >= 4 is 16.3 Å². The van der Waals surface area contributed by atoms with E-state index in [9.17, 15) is 8.42 Å². The summed E-state index contributed by atoms with van der Waals surface area (Å²) in [6.45, 7) is 0. The Morgan fingerprint density at radius 2 is 2.36 bits per heavy atom. The van der Waals surface area contributed by atoms with Gasteiger partial charge in [-0.3, -0.25) is 8.84 Å². The third-order valence-corrected chi connectivity index (χ3v) is 1.16. The topological polar surface area (TPSA) is 107 Å². The molecule has 3 N–H and O–H groups in total. The van der Waals surface area contributed by atoms with Crippen molar-refractivity contribution in [1.29, 1.82) is 0 Å². The van der Waals surface area contributed by atoms with Gasteiger partial charge in [0.25, 0.3) is 0 Å². The number of nitrogens with two attached hydrogens (primary N) is 1. The third kappa shape index (κ3) is 2.09. The zero-order chi connectivity index (χ0) is 8.48. The quantitative estimate of drug-likeness (QED) is 0.546. The molecule has 62 valence electrons. The zero-order valence-electron chi connectivity index (χ0n) is 5.21. The van der Waals surface area contributed by atoms with Crippen LogP contribution in [0.4, 0.5) is 5.95 Å². The summed E-state index contributed by atoms with van der Waals surface area (Å²) in [5.41, 5.74) is 5.10. The Morgan fingerprint density at radius 3 is 2.73 bits per heavy atom. The van der Waals surface area contributed by atoms with Gasteiger partial charge in [0.2, 0.25) is 5.95 Å². The second-order valence-electron chi connectivity index (χ2n) is 1.61. The predicted molar refractivity (Wildman–Crippen MR) is 34.8 cm³/mol. The largest absolute Gasteiger partial charge is 0.465 e. The van der Waals surface area contributed by atoms with Crippen LogP contribution in [0.25, 0.3) is 0 Å². The second-order valence-corrected chi connectivity index (χ2v) is 2.62. The summed E-state index contributed by atoms with van der Waals surface area (Å²) < 4.78 is 32.9. The lowest BCUT2D eigenvalue weighted by atomic mass is 11.0. The molecule has 0 radical (unpaired) electrons. The molecule has 0 atom stereocenters. The van der Waals surface area contributed by atoms with Crippen molar-refractivity contribution in [1.82, 2.24) is 9.71 Å². The highest BCUT2D eigenvalue weighted by Gasteiger charge is 2.07. The summed E-state index contributed by atoms with van der Waals surface area (Å²) in [6.07, 6.45) is 2.36.